The Kier molecular flexibility index (Phi) is 7.39. The average Bonchev–Trinajstić information content (AvgIpc) is 2.31. The topological polar surface area (TPSA) is 44.8 Å². The predicted octanol–water partition coefficient (Wildman–Crippen LogP) is 3.71. The highest BCUT2D eigenvalue weighted by atomic mass is 31.2. The molecule has 0 aromatic heterocycles. The fraction of sp³-hybridized carbons (Fsp3) is 0.636. The Morgan fingerprint density at radius 1 is 1.12 bits per heavy atom. The average molecular weight is 248 g/mol. The molecule has 0 saturated carbocycles. The van der Waals surface area contributed by atoms with Crippen LogP contribution in [-0.4, -0.2) is 20.3 Å². The van der Waals surface area contributed by atoms with Crippen LogP contribution in [0.15, 0.2) is 24.2 Å². The second-order valence-corrected chi connectivity index (χ2v) is 5.29. The zero-order chi connectivity index (χ0) is 12.6. The van der Waals surface area contributed by atoms with Crippen molar-refractivity contribution in [3.05, 3.63) is 24.2 Å². The van der Waals surface area contributed by atoms with E-state index in [0.29, 0.717) is 13.2 Å². The SMILES string of the molecule is C=C(OC)C(=C)P(=O)(OCCC)OCCC. The Balaban J connectivity index is 4.70. The van der Waals surface area contributed by atoms with Crippen LogP contribution in [0, 0.1) is 0 Å². The number of allylic oxidation sites excluding steroid dienone is 1. The predicted molar refractivity (Wildman–Crippen MR) is 65.4 cm³/mol. The summed E-state index contributed by atoms with van der Waals surface area (Å²) >= 11 is 0. The minimum absolute atomic E-state index is 0.192. The lowest BCUT2D eigenvalue weighted by Gasteiger charge is -2.20. The molecule has 0 aromatic rings. The van der Waals surface area contributed by atoms with Crippen LogP contribution >= 0.6 is 7.60 Å². The van der Waals surface area contributed by atoms with E-state index in [0.717, 1.165) is 12.8 Å². The van der Waals surface area contributed by atoms with Crippen LogP contribution in [0.5, 0.6) is 0 Å². The molecule has 0 spiro atoms. The van der Waals surface area contributed by atoms with Gasteiger partial charge >= 0.3 is 7.60 Å². The third-order valence-corrected chi connectivity index (χ3v) is 3.79. The second kappa shape index (κ2) is 7.66. The van der Waals surface area contributed by atoms with Gasteiger partial charge < -0.3 is 13.8 Å². The van der Waals surface area contributed by atoms with Gasteiger partial charge in [0.1, 0.15) is 5.76 Å². The molecule has 0 atom stereocenters. The molecule has 0 radical (unpaired) electrons. The van der Waals surface area contributed by atoms with Crippen molar-refractivity contribution in [1.82, 2.24) is 0 Å². The first-order valence-corrected chi connectivity index (χ1v) is 6.88. The van der Waals surface area contributed by atoms with Gasteiger partial charge in [-0.2, -0.15) is 0 Å². The molecule has 0 aliphatic carbocycles. The highest BCUT2D eigenvalue weighted by molar-refractivity contribution is 7.58. The van der Waals surface area contributed by atoms with E-state index in [1.54, 1.807) is 0 Å². The van der Waals surface area contributed by atoms with E-state index in [4.69, 9.17) is 13.8 Å². The summed E-state index contributed by atoms with van der Waals surface area (Å²) in [5.41, 5.74) is 0. The molecule has 0 N–H and O–H groups in total. The van der Waals surface area contributed by atoms with Crippen LogP contribution in [0.2, 0.25) is 0 Å². The summed E-state index contributed by atoms with van der Waals surface area (Å²) < 4.78 is 27.8. The van der Waals surface area contributed by atoms with Crippen LogP contribution in [0.25, 0.3) is 0 Å². The largest absolute Gasteiger partial charge is 0.496 e. The molecule has 0 unspecified atom stereocenters. The summed E-state index contributed by atoms with van der Waals surface area (Å²) in [6.07, 6.45) is 1.51. The minimum atomic E-state index is -3.34. The zero-order valence-corrected chi connectivity index (χ0v) is 11.2. The third kappa shape index (κ3) is 4.52. The number of ether oxygens (including phenoxy) is 1. The molecule has 0 fully saturated rings. The summed E-state index contributed by atoms with van der Waals surface area (Å²) in [7, 11) is -1.89. The second-order valence-electron chi connectivity index (χ2n) is 3.24. The molecule has 0 bridgehead atoms. The number of hydrogen-bond acceptors (Lipinski definition) is 4. The zero-order valence-electron chi connectivity index (χ0n) is 10.3. The lowest BCUT2D eigenvalue weighted by Crippen LogP contribution is -2.02. The number of rotatable bonds is 9. The number of methoxy groups -OCH3 is 1. The van der Waals surface area contributed by atoms with Crippen molar-refractivity contribution < 1.29 is 18.3 Å². The van der Waals surface area contributed by atoms with Crippen molar-refractivity contribution in [2.45, 2.75) is 26.7 Å². The first-order chi connectivity index (χ1) is 7.51. The van der Waals surface area contributed by atoms with Gasteiger partial charge in [0.05, 0.1) is 25.6 Å². The molecule has 0 amide bonds. The van der Waals surface area contributed by atoms with E-state index in [-0.39, 0.29) is 11.1 Å². The van der Waals surface area contributed by atoms with Crippen molar-refractivity contribution in [3.63, 3.8) is 0 Å². The monoisotopic (exact) mass is 248 g/mol. The standard InChI is InChI=1S/C11H21O4P/c1-6-8-14-16(12,15-9-7-2)11(4)10(3)13-5/h3-4,6-9H2,1-2,5H3. The Morgan fingerprint density at radius 2 is 1.56 bits per heavy atom. The lowest BCUT2D eigenvalue weighted by molar-refractivity contribution is 0.207. The highest BCUT2D eigenvalue weighted by Crippen LogP contribution is 2.57. The van der Waals surface area contributed by atoms with Gasteiger partial charge in [0, 0.05) is 0 Å². The quantitative estimate of drug-likeness (QED) is 0.354. The van der Waals surface area contributed by atoms with Gasteiger partial charge in [-0.15, -0.1) is 0 Å². The van der Waals surface area contributed by atoms with Crippen molar-refractivity contribution in [2.75, 3.05) is 20.3 Å². The molecule has 0 rings (SSSR count). The highest BCUT2D eigenvalue weighted by Gasteiger charge is 2.30. The summed E-state index contributed by atoms with van der Waals surface area (Å²) in [4.78, 5) is 0. The van der Waals surface area contributed by atoms with E-state index in [2.05, 4.69) is 13.2 Å². The molecule has 16 heavy (non-hydrogen) atoms. The Labute approximate surface area is 97.8 Å². The maximum Gasteiger partial charge on any atom is 0.364 e. The maximum absolute atomic E-state index is 12.3. The molecule has 94 valence electrons. The first kappa shape index (κ1) is 15.4. The van der Waals surface area contributed by atoms with Gasteiger partial charge in [0.15, 0.2) is 0 Å². The third-order valence-electron chi connectivity index (χ3n) is 1.83. The maximum atomic E-state index is 12.3. The smallest absolute Gasteiger partial charge is 0.364 e. The van der Waals surface area contributed by atoms with Crippen molar-refractivity contribution >= 4 is 7.60 Å². The van der Waals surface area contributed by atoms with Crippen LogP contribution in [0.4, 0.5) is 0 Å². The van der Waals surface area contributed by atoms with E-state index in [1.807, 2.05) is 13.8 Å². The van der Waals surface area contributed by atoms with Gasteiger partial charge in [0.2, 0.25) is 0 Å². The van der Waals surface area contributed by atoms with E-state index < -0.39 is 7.60 Å². The normalized spacial score (nSPS) is 11.2. The summed E-state index contributed by atoms with van der Waals surface area (Å²) in [5, 5.41) is 0.192. The summed E-state index contributed by atoms with van der Waals surface area (Å²) in [6, 6.07) is 0. The molecule has 0 aromatic carbocycles. The molecule has 5 heteroatoms. The van der Waals surface area contributed by atoms with Gasteiger partial charge in [-0.1, -0.05) is 27.0 Å². The first-order valence-electron chi connectivity index (χ1n) is 5.33. The van der Waals surface area contributed by atoms with Crippen LogP contribution in [0.3, 0.4) is 0 Å². The van der Waals surface area contributed by atoms with Gasteiger partial charge in [-0.3, -0.25) is 4.57 Å². The molecule has 0 heterocycles. The van der Waals surface area contributed by atoms with Crippen LogP contribution in [-0.2, 0) is 18.3 Å². The molecule has 0 aliphatic rings. The van der Waals surface area contributed by atoms with Gasteiger partial charge in [-0.25, -0.2) is 0 Å². The van der Waals surface area contributed by atoms with Gasteiger partial charge in [0.25, 0.3) is 0 Å². The minimum Gasteiger partial charge on any atom is -0.496 e. The van der Waals surface area contributed by atoms with E-state index in [9.17, 15) is 4.57 Å². The molecular weight excluding hydrogens is 227 g/mol. The summed E-state index contributed by atoms with van der Waals surface area (Å²) in [5.74, 6) is 0.232. The molecule has 0 saturated heterocycles. The molecule has 4 nitrogen and oxygen atoms in total. The van der Waals surface area contributed by atoms with E-state index in [1.165, 1.54) is 7.11 Å². The van der Waals surface area contributed by atoms with Gasteiger partial charge in [-0.05, 0) is 12.8 Å². The van der Waals surface area contributed by atoms with Crippen molar-refractivity contribution in [3.8, 4) is 0 Å². The fourth-order valence-electron chi connectivity index (χ4n) is 0.887. The molecule has 0 aliphatic heterocycles. The summed E-state index contributed by atoms with van der Waals surface area (Å²) in [6.45, 7) is 11.8. The van der Waals surface area contributed by atoms with Crippen LogP contribution < -0.4 is 0 Å². The van der Waals surface area contributed by atoms with Crippen molar-refractivity contribution in [2.24, 2.45) is 0 Å². The fourth-order valence-corrected chi connectivity index (χ4v) is 2.52. The van der Waals surface area contributed by atoms with Crippen LogP contribution in [0.1, 0.15) is 26.7 Å². The Morgan fingerprint density at radius 3 is 1.88 bits per heavy atom. The lowest BCUT2D eigenvalue weighted by atomic mass is 10.5. The van der Waals surface area contributed by atoms with E-state index >= 15 is 0 Å². The Bertz CT molecular complexity index is 274. The number of hydrogen-bond donors (Lipinski definition) is 0. The van der Waals surface area contributed by atoms with Crippen molar-refractivity contribution in [1.29, 1.82) is 0 Å². The molecular formula is C11H21O4P. The Hall–Kier alpha value is -0.570.